The highest BCUT2D eigenvalue weighted by Crippen LogP contribution is 2.30. The third-order valence-corrected chi connectivity index (χ3v) is 4.07. The van der Waals surface area contributed by atoms with Crippen LogP contribution >= 0.6 is 11.6 Å². The number of rotatable bonds is 4. The lowest BCUT2D eigenvalue weighted by atomic mass is 10.1. The molecule has 1 amide bonds. The molecule has 18 heavy (non-hydrogen) atoms. The number of halogens is 1. The summed E-state index contributed by atoms with van der Waals surface area (Å²) in [6.45, 7) is 0. The molecule has 0 radical (unpaired) electrons. The zero-order chi connectivity index (χ0) is 12.5. The molecule has 1 fully saturated rings. The van der Waals surface area contributed by atoms with Gasteiger partial charge in [0.1, 0.15) is 0 Å². The van der Waals surface area contributed by atoms with E-state index in [1.807, 2.05) is 0 Å². The van der Waals surface area contributed by atoms with Gasteiger partial charge in [0.2, 0.25) is 5.91 Å². The molecule has 2 nitrogen and oxygen atoms in total. The van der Waals surface area contributed by atoms with Crippen LogP contribution < -0.4 is 5.32 Å². The van der Waals surface area contributed by atoms with E-state index in [0.29, 0.717) is 17.8 Å². The molecular weight excluding hydrogens is 246 g/mol. The molecule has 2 aliphatic carbocycles. The van der Waals surface area contributed by atoms with Crippen LogP contribution in [0.25, 0.3) is 0 Å². The number of carbonyl (C=O) groups is 1. The fourth-order valence-corrected chi connectivity index (χ4v) is 2.92. The maximum Gasteiger partial charge on any atom is 0.223 e. The van der Waals surface area contributed by atoms with Gasteiger partial charge in [-0.3, -0.25) is 4.79 Å². The molecule has 1 aromatic rings. The first kappa shape index (κ1) is 12.0. The van der Waals surface area contributed by atoms with E-state index in [1.54, 1.807) is 0 Å². The normalized spacial score (nSPS) is 21.7. The minimum Gasteiger partial charge on any atom is -0.352 e. The number of amides is 1. The Balaban J connectivity index is 1.64. The molecule has 2 aliphatic rings. The van der Waals surface area contributed by atoms with E-state index in [0.717, 1.165) is 32.1 Å². The third kappa shape index (κ3) is 2.54. The van der Waals surface area contributed by atoms with Crippen LogP contribution in [0, 0.1) is 5.92 Å². The van der Waals surface area contributed by atoms with Crippen LogP contribution in [-0.4, -0.2) is 17.8 Å². The number of nitrogens with one attached hydrogen (secondary N) is 1. The van der Waals surface area contributed by atoms with Gasteiger partial charge in [-0.25, -0.2) is 0 Å². The van der Waals surface area contributed by atoms with Crippen LogP contribution in [0.3, 0.4) is 0 Å². The van der Waals surface area contributed by atoms with Crippen molar-refractivity contribution in [3.8, 4) is 0 Å². The molecular formula is C15H18ClNO. The molecule has 3 heteroatoms. The van der Waals surface area contributed by atoms with Crippen LogP contribution in [0.15, 0.2) is 18.2 Å². The molecule has 0 heterocycles. The maximum atomic E-state index is 11.8. The largest absolute Gasteiger partial charge is 0.352 e. The third-order valence-electron chi connectivity index (χ3n) is 3.88. The van der Waals surface area contributed by atoms with Gasteiger partial charge in [0.05, 0.1) is 0 Å². The highest BCUT2D eigenvalue weighted by atomic mass is 35.5. The highest BCUT2D eigenvalue weighted by Gasteiger charge is 2.32. The van der Waals surface area contributed by atoms with Gasteiger partial charge >= 0.3 is 0 Å². The van der Waals surface area contributed by atoms with Crippen molar-refractivity contribution in [3.63, 3.8) is 0 Å². The summed E-state index contributed by atoms with van der Waals surface area (Å²) in [5, 5.41) is 3.17. The van der Waals surface area contributed by atoms with Crippen molar-refractivity contribution in [2.75, 3.05) is 5.88 Å². The molecule has 1 N–H and O–H groups in total. The predicted octanol–water partition coefficient (Wildman–Crippen LogP) is 2.46. The fraction of sp³-hybridized carbons (Fsp3) is 0.533. The maximum absolute atomic E-state index is 11.8. The van der Waals surface area contributed by atoms with Crippen LogP contribution in [0.2, 0.25) is 0 Å². The van der Waals surface area contributed by atoms with Crippen molar-refractivity contribution in [1.82, 2.24) is 5.32 Å². The molecule has 0 unspecified atom stereocenters. The van der Waals surface area contributed by atoms with Gasteiger partial charge in [-0.05, 0) is 48.8 Å². The number of alkyl halides is 1. The van der Waals surface area contributed by atoms with Crippen LogP contribution in [0.4, 0.5) is 0 Å². The lowest BCUT2D eigenvalue weighted by Gasteiger charge is -2.11. The minimum atomic E-state index is 0.258. The number of carbonyl (C=O) groups excluding carboxylic acids is 1. The quantitative estimate of drug-likeness (QED) is 0.831. The standard InChI is InChI=1S/C15H18ClNO/c16-6-5-10-1-2-12-8-14(9-13(12)7-10)17-15(18)11-3-4-11/h1-2,7,11,14H,3-6,8-9H2,(H,17,18)/t14-/m0/s1. The number of fused-ring (bicyclic) bond motifs is 1. The van der Waals surface area contributed by atoms with Crippen molar-refractivity contribution in [2.24, 2.45) is 5.92 Å². The summed E-state index contributed by atoms with van der Waals surface area (Å²) in [6.07, 6.45) is 5.03. The lowest BCUT2D eigenvalue weighted by Crippen LogP contribution is -2.36. The summed E-state index contributed by atoms with van der Waals surface area (Å²) in [5.41, 5.74) is 4.08. The second-order valence-corrected chi connectivity index (χ2v) is 5.81. The zero-order valence-corrected chi connectivity index (χ0v) is 11.2. The van der Waals surface area contributed by atoms with E-state index in [9.17, 15) is 4.79 Å². The van der Waals surface area contributed by atoms with Crippen molar-refractivity contribution in [1.29, 1.82) is 0 Å². The molecule has 1 saturated carbocycles. The number of benzene rings is 1. The average molecular weight is 264 g/mol. The summed E-state index contributed by atoms with van der Waals surface area (Å²) in [5.74, 6) is 1.23. The molecule has 0 aromatic heterocycles. The number of aryl methyl sites for hydroxylation is 1. The Labute approximate surface area is 113 Å². The molecule has 0 saturated heterocycles. The Kier molecular flexibility index (Phi) is 3.29. The summed E-state index contributed by atoms with van der Waals surface area (Å²) in [7, 11) is 0. The molecule has 0 aliphatic heterocycles. The first-order valence-electron chi connectivity index (χ1n) is 6.73. The summed E-state index contributed by atoms with van der Waals surface area (Å²) in [4.78, 5) is 11.8. The number of hydrogen-bond acceptors (Lipinski definition) is 1. The first-order chi connectivity index (χ1) is 8.76. The van der Waals surface area contributed by atoms with E-state index in [-0.39, 0.29) is 5.91 Å². The second-order valence-electron chi connectivity index (χ2n) is 5.43. The van der Waals surface area contributed by atoms with Gasteiger partial charge in [-0.15, -0.1) is 11.6 Å². The van der Waals surface area contributed by atoms with Crippen molar-refractivity contribution >= 4 is 17.5 Å². The zero-order valence-electron chi connectivity index (χ0n) is 10.4. The van der Waals surface area contributed by atoms with Crippen molar-refractivity contribution in [3.05, 3.63) is 34.9 Å². The first-order valence-corrected chi connectivity index (χ1v) is 7.26. The Morgan fingerprint density at radius 3 is 2.78 bits per heavy atom. The van der Waals surface area contributed by atoms with Crippen molar-refractivity contribution in [2.45, 2.75) is 38.1 Å². The van der Waals surface area contributed by atoms with Gasteiger partial charge in [-0.2, -0.15) is 0 Å². The molecule has 0 bridgehead atoms. The fourth-order valence-electron chi connectivity index (χ4n) is 2.70. The van der Waals surface area contributed by atoms with Gasteiger partial charge in [-0.1, -0.05) is 18.2 Å². The van der Waals surface area contributed by atoms with Gasteiger partial charge in [0, 0.05) is 17.8 Å². The lowest BCUT2D eigenvalue weighted by molar-refractivity contribution is -0.122. The van der Waals surface area contributed by atoms with E-state index < -0.39 is 0 Å². The smallest absolute Gasteiger partial charge is 0.223 e. The van der Waals surface area contributed by atoms with Gasteiger partial charge < -0.3 is 5.32 Å². The van der Waals surface area contributed by atoms with Gasteiger partial charge in [0.25, 0.3) is 0 Å². The summed E-state index contributed by atoms with van der Waals surface area (Å²) < 4.78 is 0. The van der Waals surface area contributed by atoms with E-state index in [4.69, 9.17) is 11.6 Å². The molecule has 1 aromatic carbocycles. The minimum absolute atomic E-state index is 0.258. The second kappa shape index (κ2) is 4.93. The Morgan fingerprint density at radius 2 is 2.06 bits per heavy atom. The van der Waals surface area contributed by atoms with Gasteiger partial charge in [0.15, 0.2) is 0 Å². The molecule has 3 rings (SSSR count). The highest BCUT2D eigenvalue weighted by molar-refractivity contribution is 6.17. The average Bonchev–Trinajstić information content (AvgIpc) is 3.11. The van der Waals surface area contributed by atoms with Crippen molar-refractivity contribution < 1.29 is 4.79 Å². The molecule has 1 atom stereocenters. The SMILES string of the molecule is O=C(N[C@H]1Cc2ccc(CCCl)cc2C1)C1CC1. The molecule has 96 valence electrons. The van der Waals surface area contributed by atoms with Crippen LogP contribution in [0.5, 0.6) is 0 Å². The summed E-state index contributed by atoms with van der Waals surface area (Å²) >= 11 is 5.77. The predicted molar refractivity (Wildman–Crippen MR) is 72.9 cm³/mol. The van der Waals surface area contributed by atoms with Crippen LogP contribution in [0.1, 0.15) is 29.5 Å². The molecule has 0 spiro atoms. The summed E-state index contributed by atoms with van der Waals surface area (Å²) in [6, 6.07) is 6.91. The Morgan fingerprint density at radius 1 is 1.28 bits per heavy atom. The Bertz CT molecular complexity index is 468. The van der Waals surface area contributed by atoms with E-state index >= 15 is 0 Å². The topological polar surface area (TPSA) is 29.1 Å². The monoisotopic (exact) mass is 263 g/mol. The van der Waals surface area contributed by atoms with E-state index in [2.05, 4.69) is 23.5 Å². The van der Waals surface area contributed by atoms with E-state index in [1.165, 1.54) is 16.7 Å². The Hall–Kier alpha value is -1.02. The number of hydrogen-bond donors (Lipinski definition) is 1. The van der Waals surface area contributed by atoms with Crippen LogP contribution in [-0.2, 0) is 24.1 Å².